The molecule has 0 spiro atoms. The van der Waals surface area contributed by atoms with Crippen LogP contribution in [-0.4, -0.2) is 127 Å². The zero-order chi connectivity index (χ0) is 68.4. The molecule has 2 N–H and O–H groups in total. The summed E-state index contributed by atoms with van der Waals surface area (Å²) in [6.07, 6.45) is 14.1. The lowest BCUT2D eigenvalue weighted by atomic mass is 9.98. The fourth-order valence-corrected chi connectivity index (χ4v) is 11.9. The molecule has 3 aliphatic heterocycles. The Morgan fingerprint density at radius 1 is 0.500 bits per heavy atom. The molecule has 3 unspecified atom stereocenters. The Kier molecular flexibility index (Phi) is 25.2. The molecule has 3 saturated heterocycles. The highest BCUT2D eigenvalue weighted by Gasteiger charge is 2.32. The number of benzene rings is 6. The van der Waals surface area contributed by atoms with E-state index in [2.05, 4.69) is 40.0 Å². The maximum atomic E-state index is 15.5. The first-order chi connectivity index (χ1) is 46.4. The lowest BCUT2D eigenvalue weighted by molar-refractivity contribution is -0.145. The molecular weight excluding hydrogens is 1320 g/mol. The number of carbonyl (C=O) groups is 3. The summed E-state index contributed by atoms with van der Waals surface area (Å²) < 4.78 is 71.5. The van der Waals surface area contributed by atoms with E-state index in [0.717, 1.165) is 36.1 Å². The van der Waals surface area contributed by atoms with Gasteiger partial charge in [0.25, 0.3) is 0 Å². The molecule has 96 heavy (non-hydrogen) atoms. The molecule has 25 heteroatoms. The molecular formula is C71H68Cl4F3N9O9. The number of hydrogen-bond acceptors (Lipinski definition) is 17. The summed E-state index contributed by atoms with van der Waals surface area (Å²) in [6, 6.07) is 31.3. The van der Waals surface area contributed by atoms with Gasteiger partial charge < -0.3 is 43.9 Å². The van der Waals surface area contributed by atoms with Gasteiger partial charge in [-0.3, -0.25) is 14.4 Å². The Balaban J connectivity index is 0.000000160. The molecule has 0 amide bonds. The van der Waals surface area contributed by atoms with Gasteiger partial charge in [-0.1, -0.05) is 89.4 Å². The maximum absolute atomic E-state index is 15.5. The Morgan fingerprint density at radius 3 is 1.19 bits per heavy atom. The normalized spacial score (nSPS) is 15.4. The van der Waals surface area contributed by atoms with Gasteiger partial charge in [0, 0.05) is 97.7 Å². The number of halogens is 7. The number of nitrogens with one attached hydrogen (secondary N) is 1. The number of carboxylic acid groups (broad SMARTS) is 1. The monoisotopic (exact) mass is 1390 g/mol. The fraction of sp³-hybridized carbons (Fsp3) is 0.282. The van der Waals surface area contributed by atoms with Gasteiger partial charge in [-0.2, -0.15) is 0 Å². The number of nitrogens with zero attached hydrogens (tertiary/aromatic N) is 8. The summed E-state index contributed by atoms with van der Waals surface area (Å²) in [6.45, 7) is 3.16. The van der Waals surface area contributed by atoms with Crippen molar-refractivity contribution in [2.45, 2.75) is 51.0 Å². The summed E-state index contributed by atoms with van der Waals surface area (Å²) in [5.74, 6) is -0.457. The van der Waals surface area contributed by atoms with E-state index < -0.39 is 11.9 Å². The summed E-state index contributed by atoms with van der Waals surface area (Å²) >= 11 is 23.9. The molecule has 6 heterocycles. The summed E-state index contributed by atoms with van der Waals surface area (Å²) in [5.41, 5.74) is 6.84. The minimum absolute atomic E-state index is 0.0324. The molecule has 0 bridgehead atoms. The largest absolute Gasteiger partial charge is 0.496 e. The molecule has 0 radical (unpaired) electrons. The van der Waals surface area contributed by atoms with E-state index in [4.69, 9.17) is 70.5 Å². The van der Waals surface area contributed by atoms with Crippen molar-refractivity contribution in [1.29, 1.82) is 0 Å². The molecule has 6 aromatic carbocycles. The Morgan fingerprint density at radius 2 is 0.865 bits per heavy atom. The van der Waals surface area contributed by atoms with Crippen LogP contribution in [0.1, 0.15) is 59.1 Å². The molecule has 0 aliphatic carbocycles. The molecule has 12 rings (SSSR count). The highest BCUT2D eigenvalue weighted by molar-refractivity contribution is 6.31. The fourth-order valence-electron chi connectivity index (χ4n) is 11.2. The van der Waals surface area contributed by atoms with Crippen LogP contribution in [0.5, 0.6) is 17.2 Å². The van der Waals surface area contributed by atoms with E-state index in [9.17, 15) is 14.4 Å². The highest BCUT2D eigenvalue weighted by atomic mass is 35.5. The van der Waals surface area contributed by atoms with Crippen molar-refractivity contribution >= 4 is 76.2 Å². The van der Waals surface area contributed by atoms with Gasteiger partial charge in [0.1, 0.15) is 40.7 Å². The van der Waals surface area contributed by atoms with E-state index in [-0.39, 0.29) is 46.6 Å². The van der Waals surface area contributed by atoms with Crippen molar-refractivity contribution in [2.24, 2.45) is 11.8 Å². The first-order valence-corrected chi connectivity index (χ1v) is 31.9. The zero-order valence-electron chi connectivity index (χ0n) is 53.0. The Hall–Kier alpha value is -9.12. The Labute approximate surface area is 573 Å². The van der Waals surface area contributed by atoms with E-state index >= 15 is 13.2 Å². The second-order valence-electron chi connectivity index (χ2n) is 22.4. The van der Waals surface area contributed by atoms with Gasteiger partial charge >= 0.3 is 17.9 Å². The van der Waals surface area contributed by atoms with Crippen LogP contribution in [0.15, 0.2) is 146 Å². The lowest BCUT2D eigenvalue weighted by Gasteiger charge is -2.16. The molecule has 9 aromatic rings. The van der Waals surface area contributed by atoms with Crippen LogP contribution in [0.25, 0.3) is 33.4 Å². The van der Waals surface area contributed by atoms with Crippen LogP contribution in [0.4, 0.5) is 25.1 Å². The van der Waals surface area contributed by atoms with Gasteiger partial charge in [0.05, 0.1) is 64.1 Å². The van der Waals surface area contributed by atoms with Crippen LogP contribution >= 0.6 is 46.4 Å². The summed E-state index contributed by atoms with van der Waals surface area (Å²) in [4.78, 5) is 62.8. The minimum Gasteiger partial charge on any atom is -0.496 e. The summed E-state index contributed by atoms with van der Waals surface area (Å²) in [5, 5.41) is 13.9. The number of hydrogen-bond donors (Lipinski definition) is 2. The summed E-state index contributed by atoms with van der Waals surface area (Å²) in [7, 11) is 7.34. The molecule has 3 aromatic heterocycles. The SMILES string of the molecule is COC(=O)C1CCCN1.COC(=O)C1CCN(c2ncc(Cc3ccc(OC)c(-c4cccc(Cl)c4)c3F)cn2)C1.COc1ccc(Cc2cnc(Cl)nc2)c(F)c1-c1cccc(Cl)c1.COc1ccc(Cc2cnc(N3CCC(C(=O)O)C3)nc2)c(F)c1-c1cccc(Cl)c1. The van der Waals surface area contributed by atoms with Crippen LogP contribution in [0.3, 0.4) is 0 Å². The smallest absolute Gasteiger partial charge is 0.322 e. The van der Waals surface area contributed by atoms with Gasteiger partial charge in [-0.25, -0.2) is 43.1 Å². The number of aliphatic carboxylic acids is 1. The predicted molar refractivity (Wildman–Crippen MR) is 363 cm³/mol. The van der Waals surface area contributed by atoms with Gasteiger partial charge in [0.2, 0.25) is 17.2 Å². The molecule has 500 valence electrons. The zero-order valence-corrected chi connectivity index (χ0v) is 56.0. The third-order valence-corrected chi connectivity index (χ3v) is 17.1. The third kappa shape index (κ3) is 18.3. The van der Waals surface area contributed by atoms with Crippen molar-refractivity contribution in [1.82, 2.24) is 35.2 Å². The van der Waals surface area contributed by atoms with Crippen molar-refractivity contribution in [3.8, 4) is 50.6 Å². The predicted octanol–water partition coefficient (Wildman–Crippen LogP) is 14.1. The average molecular weight is 1390 g/mol. The first-order valence-electron chi connectivity index (χ1n) is 30.4. The minimum atomic E-state index is -0.801. The quantitative estimate of drug-likeness (QED) is 0.0640. The third-order valence-electron chi connectivity index (χ3n) is 16.2. The molecule has 3 atom stereocenters. The van der Waals surface area contributed by atoms with Crippen LogP contribution < -0.4 is 29.3 Å². The van der Waals surface area contributed by atoms with Crippen LogP contribution in [-0.2, 0) is 43.1 Å². The van der Waals surface area contributed by atoms with Gasteiger partial charge in [-0.05, 0) is 148 Å². The number of anilines is 2. The van der Waals surface area contributed by atoms with Crippen molar-refractivity contribution in [3.63, 3.8) is 0 Å². The molecule has 3 fully saturated rings. The number of carboxylic acids is 1. The number of rotatable bonds is 17. The van der Waals surface area contributed by atoms with Crippen LogP contribution in [0, 0.1) is 29.3 Å². The van der Waals surface area contributed by atoms with E-state index in [1.165, 1.54) is 35.5 Å². The van der Waals surface area contributed by atoms with Crippen molar-refractivity contribution in [2.75, 3.05) is 78.1 Å². The lowest BCUT2D eigenvalue weighted by Crippen LogP contribution is -2.31. The molecule has 0 saturated carbocycles. The van der Waals surface area contributed by atoms with E-state index in [1.807, 2.05) is 9.80 Å². The number of methoxy groups -OCH3 is 5. The topological polar surface area (TPSA) is 213 Å². The first kappa shape index (κ1) is 71.2. The average Bonchev–Trinajstić information content (AvgIpc) is 1.06. The second-order valence-corrected chi connectivity index (χ2v) is 24.1. The molecule has 18 nitrogen and oxygen atoms in total. The van der Waals surface area contributed by atoms with E-state index in [0.29, 0.717) is 153 Å². The van der Waals surface area contributed by atoms with Gasteiger partial charge in [-0.15, -0.1) is 0 Å². The van der Waals surface area contributed by atoms with Crippen LogP contribution in [0.2, 0.25) is 20.4 Å². The van der Waals surface area contributed by atoms with Crippen molar-refractivity contribution in [3.05, 3.63) is 218 Å². The van der Waals surface area contributed by atoms with Crippen molar-refractivity contribution < 1.29 is 56.3 Å². The molecule has 3 aliphatic rings. The number of esters is 2. The number of carbonyl (C=O) groups excluding carboxylic acids is 2. The van der Waals surface area contributed by atoms with E-state index in [1.54, 1.807) is 146 Å². The Bertz CT molecular complexity index is 4160. The standard InChI is InChI=1S/C24H23ClFN3O3.C23H21ClFN3O3.C18H13Cl2FN2O.C6H11NO2/c1-31-20-7-6-17(22(26)21(20)16-4-3-5-19(25)11-16)10-15-12-27-24(28-13-15)29-9-8-18(14-29)23(30)32-2;1-31-19-6-5-16(21(25)20(19)15-3-2-4-18(24)10-15)9-14-11-26-23(27-12-14)28-8-7-17(13-28)22(29)30;1-24-15-6-5-13(7-11-9-22-18(20)23-10-11)17(21)16(15)12-3-2-4-14(19)8-12;1-9-6(8)5-3-2-4-7-5/h3-7,11-13,18H,8-10,14H2,1-2H3;2-6,10-12,17H,7-9,13H2,1H3,(H,29,30);2-6,8-10H,7H2,1H3;5,7H,2-4H2,1H3. The maximum Gasteiger partial charge on any atom is 0.322 e. The second kappa shape index (κ2) is 34.0. The van der Waals surface area contributed by atoms with Gasteiger partial charge in [0.15, 0.2) is 0 Å². The number of aromatic nitrogens is 6. The highest BCUT2D eigenvalue weighted by Crippen LogP contribution is 2.39. The number of ether oxygens (including phenoxy) is 5.